The van der Waals surface area contributed by atoms with Gasteiger partial charge in [0.15, 0.2) is 9.84 Å². The zero-order valence-electron chi connectivity index (χ0n) is 7.71. The minimum absolute atomic E-state index is 0.0242. The summed E-state index contributed by atoms with van der Waals surface area (Å²) in [5, 5.41) is 0. The Morgan fingerprint density at radius 1 is 1.50 bits per heavy atom. The van der Waals surface area contributed by atoms with Crippen molar-refractivity contribution in [2.75, 3.05) is 18.1 Å². The van der Waals surface area contributed by atoms with E-state index in [0.717, 1.165) is 6.42 Å². The van der Waals surface area contributed by atoms with Gasteiger partial charge in [-0.05, 0) is 24.3 Å². The highest BCUT2D eigenvalue weighted by molar-refractivity contribution is 7.91. The second kappa shape index (κ2) is 3.00. The molecule has 1 unspecified atom stereocenters. The highest BCUT2D eigenvalue weighted by Crippen LogP contribution is 2.34. The predicted molar refractivity (Wildman–Crippen MR) is 49.6 cm³/mol. The Labute approximate surface area is 74.3 Å². The van der Waals surface area contributed by atoms with Gasteiger partial charge in [-0.15, -0.1) is 0 Å². The van der Waals surface area contributed by atoms with E-state index in [4.69, 9.17) is 5.73 Å². The second-order valence-electron chi connectivity index (χ2n) is 4.29. The third-order valence-corrected chi connectivity index (χ3v) is 4.63. The molecule has 12 heavy (non-hydrogen) atoms. The van der Waals surface area contributed by atoms with Crippen molar-refractivity contribution in [3.8, 4) is 0 Å². The van der Waals surface area contributed by atoms with Crippen molar-refractivity contribution in [2.24, 2.45) is 17.1 Å². The standard InChI is InChI=1S/C8H17NO2S/c1-8(2,6-9)7-3-4-12(10,11)5-7/h7H,3-6,9H2,1-2H3. The Balaban J connectivity index is 2.70. The molecule has 0 saturated carbocycles. The number of rotatable bonds is 2. The summed E-state index contributed by atoms with van der Waals surface area (Å²) < 4.78 is 22.3. The van der Waals surface area contributed by atoms with Gasteiger partial charge >= 0.3 is 0 Å². The van der Waals surface area contributed by atoms with Crippen molar-refractivity contribution in [1.29, 1.82) is 0 Å². The largest absolute Gasteiger partial charge is 0.330 e. The van der Waals surface area contributed by atoms with Crippen LogP contribution in [-0.4, -0.2) is 26.5 Å². The summed E-state index contributed by atoms with van der Waals surface area (Å²) in [5.74, 6) is 0.936. The molecule has 0 aromatic rings. The summed E-state index contributed by atoms with van der Waals surface area (Å²) in [5.41, 5.74) is 5.56. The van der Waals surface area contributed by atoms with Gasteiger partial charge in [0.25, 0.3) is 0 Å². The number of nitrogens with two attached hydrogens (primary N) is 1. The molecule has 0 aromatic carbocycles. The summed E-state index contributed by atoms with van der Waals surface area (Å²) >= 11 is 0. The van der Waals surface area contributed by atoms with Crippen LogP contribution in [0.25, 0.3) is 0 Å². The van der Waals surface area contributed by atoms with Crippen LogP contribution >= 0.6 is 0 Å². The van der Waals surface area contributed by atoms with Crippen molar-refractivity contribution >= 4 is 9.84 Å². The van der Waals surface area contributed by atoms with Crippen LogP contribution < -0.4 is 5.73 Å². The van der Waals surface area contributed by atoms with Gasteiger partial charge in [-0.3, -0.25) is 0 Å². The summed E-state index contributed by atoms with van der Waals surface area (Å²) in [4.78, 5) is 0. The average Bonchev–Trinajstić information content (AvgIpc) is 2.31. The van der Waals surface area contributed by atoms with Crippen molar-refractivity contribution in [3.63, 3.8) is 0 Å². The summed E-state index contributed by atoms with van der Waals surface area (Å²) in [6.07, 6.45) is 0.784. The molecular formula is C8H17NO2S. The molecule has 1 aliphatic rings. The summed E-state index contributed by atoms with van der Waals surface area (Å²) in [6.45, 7) is 4.64. The van der Waals surface area contributed by atoms with Gasteiger partial charge in [-0.25, -0.2) is 8.42 Å². The number of sulfone groups is 1. The second-order valence-corrected chi connectivity index (χ2v) is 6.52. The molecule has 1 aliphatic heterocycles. The van der Waals surface area contributed by atoms with Crippen LogP contribution in [-0.2, 0) is 9.84 Å². The minimum Gasteiger partial charge on any atom is -0.330 e. The average molecular weight is 191 g/mol. The Bertz CT molecular complexity index is 256. The minimum atomic E-state index is -2.74. The molecule has 0 aliphatic carbocycles. The van der Waals surface area contributed by atoms with Crippen LogP contribution in [0.1, 0.15) is 20.3 Å². The molecule has 3 nitrogen and oxygen atoms in total. The highest BCUT2D eigenvalue weighted by atomic mass is 32.2. The third kappa shape index (κ3) is 1.98. The Hall–Kier alpha value is -0.0900. The van der Waals surface area contributed by atoms with E-state index < -0.39 is 9.84 Å². The lowest BCUT2D eigenvalue weighted by Crippen LogP contribution is -2.32. The van der Waals surface area contributed by atoms with E-state index in [1.54, 1.807) is 0 Å². The smallest absolute Gasteiger partial charge is 0.150 e. The molecule has 0 spiro atoms. The van der Waals surface area contributed by atoms with E-state index in [-0.39, 0.29) is 11.3 Å². The topological polar surface area (TPSA) is 60.2 Å². The predicted octanol–water partition coefficient (Wildman–Crippen LogP) is 0.406. The fourth-order valence-corrected chi connectivity index (χ4v) is 3.62. The first-order valence-corrected chi connectivity index (χ1v) is 6.10. The molecule has 1 heterocycles. The SMILES string of the molecule is CC(C)(CN)C1CCS(=O)(=O)C1. The number of hydrogen-bond acceptors (Lipinski definition) is 3. The molecule has 1 atom stereocenters. The van der Waals surface area contributed by atoms with E-state index in [1.165, 1.54) is 0 Å². The van der Waals surface area contributed by atoms with E-state index in [9.17, 15) is 8.42 Å². The van der Waals surface area contributed by atoms with Crippen LogP contribution in [0.15, 0.2) is 0 Å². The third-order valence-electron chi connectivity index (χ3n) is 2.86. The van der Waals surface area contributed by atoms with E-state index in [0.29, 0.717) is 18.1 Å². The Kier molecular flexibility index (Phi) is 2.50. The zero-order valence-corrected chi connectivity index (χ0v) is 8.52. The normalized spacial score (nSPS) is 29.1. The summed E-state index contributed by atoms with van der Waals surface area (Å²) in [7, 11) is -2.74. The maximum atomic E-state index is 11.2. The van der Waals surface area contributed by atoms with Gasteiger partial charge < -0.3 is 5.73 Å². The molecule has 4 heteroatoms. The van der Waals surface area contributed by atoms with Gasteiger partial charge in [0.1, 0.15) is 0 Å². The zero-order chi connectivity index (χ0) is 9.41. The van der Waals surface area contributed by atoms with Crippen molar-refractivity contribution in [1.82, 2.24) is 0 Å². The lowest BCUT2D eigenvalue weighted by atomic mass is 9.79. The highest BCUT2D eigenvalue weighted by Gasteiger charge is 2.37. The maximum Gasteiger partial charge on any atom is 0.150 e. The molecule has 0 bridgehead atoms. The fourth-order valence-electron chi connectivity index (χ4n) is 1.58. The molecule has 1 saturated heterocycles. The molecule has 0 radical (unpaired) electrons. The quantitative estimate of drug-likeness (QED) is 0.687. The summed E-state index contributed by atoms with van der Waals surface area (Å²) in [6, 6.07) is 0. The lowest BCUT2D eigenvalue weighted by Gasteiger charge is -2.28. The molecule has 1 rings (SSSR count). The maximum absolute atomic E-state index is 11.2. The molecule has 0 aromatic heterocycles. The monoisotopic (exact) mass is 191 g/mol. The Morgan fingerprint density at radius 3 is 2.42 bits per heavy atom. The van der Waals surface area contributed by atoms with Crippen LogP contribution in [0, 0.1) is 11.3 Å². The molecule has 72 valence electrons. The van der Waals surface area contributed by atoms with E-state index >= 15 is 0 Å². The van der Waals surface area contributed by atoms with Gasteiger partial charge in [0.2, 0.25) is 0 Å². The molecule has 0 amide bonds. The van der Waals surface area contributed by atoms with Crippen molar-refractivity contribution < 1.29 is 8.42 Å². The first kappa shape index (κ1) is 9.99. The Morgan fingerprint density at radius 2 is 2.08 bits per heavy atom. The van der Waals surface area contributed by atoms with Crippen LogP contribution in [0.3, 0.4) is 0 Å². The van der Waals surface area contributed by atoms with Gasteiger partial charge in [0.05, 0.1) is 11.5 Å². The molecule has 2 N–H and O–H groups in total. The van der Waals surface area contributed by atoms with Gasteiger partial charge in [-0.1, -0.05) is 13.8 Å². The lowest BCUT2D eigenvalue weighted by molar-refractivity contribution is 0.247. The van der Waals surface area contributed by atoms with Gasteiger partial charge in [-0.2, -0.15) is 0 Å². The van der Waals surface area contributed by atoms with Crippen molar-refractivity contribution in [3.05, 3.63) is 0 Å². The van der Waals surface area contributed by atoms with E-state index in [1.807, 2.05) is 13.8 Å². The first-order chi connectivity index (χ1) is 5.37. The first-order valence-electron chi connectivity index (χ1n) is 4.28. The van der Waals surface area contributed by atoms with Crippen LogP contribution in [0.2, 0.25) is 0 Å². The van der Waals surface area contributed by atoms with Gasteiger partial charge in [0, 0.05) is 0 Å². The van der Waals surface area contributed by atoms with E-state index in [2.05, 4.69) is 0 Å². The fraction of sp³-hybridized carbons (Fsp3) is 1.00. The van der Waals surface area contributed by atoms with Crippen molar-refractivity contribution in [2.45, 2.75) is 20.3 Å². The van der Waals surface area contributed by atoms with Crippen LogP contribution in [0.5, 0.6) is 0 Å². The molecule has 1 fully saturated rings. The molecular weight excluding hydrogens is 174 g/mol. The number of hydrogen-bond donors (Lipinski definition) is 1. The van der Waals surface area contributed by atoms with Crippen LogP contribution in [0.4, 0.5) is 0 Å².